The van der Waals surface area contributed by atoms with Gasteiger partial charge in [-0.2, -0.15) is 4.31 Å². The molecule has 0 bridgehead atoms. The molecule has 88 valence electrons. The van der Waals surface area contributed by atoms with E-state index >= 15 is 0 Å². The second-order valence-corrected chi connectivity index (χ2v) is 6.86. The molecule has 0 amide bonds. The fourth-order valence-corrected chi connectivity index (χ4v) is 4.66. The van der Waals surface area contributed by atoms with Crippen LogP contribution in [0.15, 0.2) is 0 Å². The van der Waals surface area contributed by atoms with E-state index in [2.05, 4.69) is 0 Å². The van der Waals surface area contributed by atoms with E-state index in [4.69, 9.17) is 0 Å². The molecular weight excluding hydrogens is 210 g/mol. The summed E-state index contributed by atoms with van der Waals surface area (Å²) in [6.45, 7) is 0. The Morgan fingerprint density at radius 3 is 1.47 bits per heavy atom. The summed E-state index contributed by atoms with van der Waals surface area (Å²) >= 11 is 0. The van der Waals surface area contributed by atoms with Gasteiger partial charge in [-0.15, -0.1) is 0 Å². The average molecular weight is 231 g/mol. The summed E-state index contributed by atoms with van der Waals surface area (Å²) in [6.07, 6.45) is 10.5. The topological polar surface area (TPSA) is 37.4 Å². The van der Waals surface area contributed by atoms with Gasteiger partial charge in [0.2, 0.25) is 10.0 Å². The highest BCUT2D eigenvalue weighted by atomic mass is 32.2. The van der Waals surface area contributed by atoms with Crippen molar-refractivity contribution in [2.24, 2.45) is 0 Å². The van der Waals surface area contributed by atoms with Gasteiger partial charge in [-0.3, -0.25) is 0 Å². The molecule has 0 saturated heterocycles. The van der Waals surface area contributed by atoms with Crippen molar-refractivity contribution in [1.82, 2.24) is 4.31 Å². The molecule has 4 heteroatoms. The van der Waals surface area contributed by atoms with Crippen LogP contribution >= 0.6 is 0 Å². The second-order valence-electron chi connectivity index (χ2n) is 4.97. The van der Waals surface area contributed by atoms with Crippen molar-refractivity contribution in [1.29, 1.82) is 0 Å². The standard InChI is InChI=1S/C11H21NO2S/c1-15(13,14)12(10-6-2-3-7-10)11-8-4-5-9-11/h10-11H,2-9H2,1H3. The number of hydrogen-bond donors (Lipinski definition) is 0. The fourth-order valence-electron chi connectivity index (χ4n) is 3.16. The van der Waals surface area contributed by atoms with Gasteiger partial charge in [0.25, 0.3) is 0 Å². The summed E-state index contributed by atoms with van der Waals surface area (Å²) in [5.41, 5.74) is 0. The molecule has 0 heterocycles. The number of nitrogens with zero attached hydrogens (tertiary/aromatic N) is 1. The zero-order valence-electron chi connectivity index (χ0n) is 9.48. The van der Waals surface area contributed by atoms with E-state index in [-0.39, 0.29) is 0 Å². The predicted octanol–water partition coefficient (Wildman–Crippen LogP) is 2.13. The Morgan fingerprint density at radius 1 is 0.867 bits per heavy atom. The Hall–Kier alpha value is -0.0900. The third kappa shape index (κ3) is 2.53. The van der Waals surface area contributed by atoms with Crippen LogP contribution in [-0.2, 0) is 10.0 Å². The first-order valence-corrected chi connectivity index (χ1v) is 7.92. The van der Waals surface area contributed by atoms with Gasteiger partial charge in [-0.05, 0) is 25.7 Å². The highest BCUT2D eigenvalue weighted by molar-refractivity contribution is 7.88. The molecule has 0 unspecified atom stereocenters. The van der Waals surface area contributed by atoms with Crippen molar-refractivity contribution in [3.8, 4) is 0 Å². The molecule has 0 aromatic heterocycles. The molecule has 0 atom stereocenters. The van der Waals surface area contributed by atoms with Gasteiger partial charge in [0.15, 0.2) is 0 Å². The predicted molar refractivity (Wildman–Crippen MR) is 61.2 cm³/mol. The van der Waals surface area contributed by atoms with Crippen LogP contribution < -0.4 is 0 Å². The first kappa shape index (κ1) is 11.4. The summed E-state index contributed by atoms with van der Waals surface area (Å²) in [6, 6.07) is 0.617. The van der Waals surface area contributed by atoms with Crippen LogP contribution in [-0.4, -0.2) is 31.1 Å². The van der Waals surface area contributed by atoms with Crippen LogP contribution in [0.3, 0.4) is 0 Å². The molecule has 15 heavy (non-hydrogen) atoms. The first-order valence-electron chi connectivity index (χ1n) is 6.07. The van der Waals surface area contributed by atoms with E-state index < -0.39 is 10.0 Å². The van der Waals surface area contributed by atoms with Crippen molar-refractivity contribution in [2.75, 3.05) is 6.26 Å². The first-order chi connectivity index (χ1) is 7.09. The van der Waals surface area contributed by atoms with Gasteiger partial charge in [0, 0.05) is 12.1 Å². The monoisotopic (exact) mass is 231 g/mol. The maximum Gasteiger partial charge on any atom is 0.211 e. The van der Waals surface area contributed by atoms with Crippen LogP contribution in [0.4, 0.5) is 0 Å². The number of rotatable bonds is 3. The highest BCUT2D eigenvalue weighted by Crippen LogP contribution is 2.33. The summed E-state index contributed by atoms with van der Waals surface area (Å²) in [5, 5.41) is 0. The molecule has 2 aliphatic rings. The molecule has 3 nitrogen and oxygen atoms in total. The lowest BCUT2D eigenvalue weighted by molar-refractivity contribution is 0.253. The SMILES string of the molecule is CS(=O)(=O)N(C1CCCC1)C1CCCC1. The summed E-state index contributed by atoms with van der Waals surface area (Å²) in [5.74, 6) is 0. The third-order valence-corrected chi connectivity index (χ3v) is 5.11. The van der Waals surface area contributed by atoms with E-state index in [1.165, 1.54) is 31.9 Å². The Labute approximate surface area is 92.9 Å². The molecule has 0 radical (unpaired) electrons. The van der Waals surface area contributed by atoms with Gasteiger partial charge >= 0.3 is 0 Å². The van der Waals surface area contributed by atoms with Crippen molar-refractivity contribution in [3.63, 3.8) is 0 Å². The maximum absolute atomic E-state index is 11.8. The van der Waals surface area contributed by atoms with Gasteiger partial charge in [0.1, 0.15) is 0 Å². The lowest BCUT2D eigenvalue weighted by Gasteiger charge is -2.31. The van der Waals surface area contributed by atoms with Gasteiger partial charge in [0.05, 0.1) is 6.26 Å². The maximum atomic E-state index is 11.8. The smallest absolute Gasteiger partial charge is 0.211 e. The zero-order valence-corrected chi connectivity index (χ0v) is 10.3. The van der Waals surface area contributed by atoms with Crippen molar-refractivity contribution in [2.45, 2.75) is 63.5 Å². The molecule has 0 spiro atoms. The summed E-state index contributed by atoms with van der Waals surface area (Å²) in [7, 11) is -3.00. The molecule has 0 aromatic carbocycles. The van der Waals surface area contributed by atoms with E-state index in [1.807, 2.05) is 4.31 Å². The van der Waals surface area contributed by atoms with Crippen molar-refractivity contribution in [3.05, 3.63) is 0 Å². The molecule has 0 N–H and O–H groups in total. The number of sulfonamides is 1. The Bertz CT molecular complexity index is 285. The fraction of sp³-hybridized carbons (Fsp3) is 1.00. The minimum Gasteiger partial charge on any atom is -0.212 e. The van der Waals surface area contributed by atoms with E-state index in [9.17, 15) is 8.42 Å². The molecular formula is C11H21NO2S. The van der Waals surface area contributed by atoms with Gasteiger partial charge in [-0.1, -0.05) is 25.7 Å². The van der Waals surface area contributed by atoms with Crippen LogP contribution in [0, 0.1) is 0 Å². The molecule has 0 aromatic rings. The molecule has 2 saturated carbocycles. The summed E-state index contributed by atoms with van der Waals surface area (Å²) in [4.78, 5) is 0. The highest BCUT2D eigenvalue weighted by Gasteiger charge is 2.36. The minimum absolute atomic E-state index is 0.308. The van der Waals surface area contributed by atoms with Gasteiger partial charge in [-0.25, -0.2) is 8.42 Å². The van der Waals surface area contributed by atoms with Crippen molar-refractivity contribution >= 4 is 10.0 Å². The molecule has 2 fully saturated rings. The Kier molecular flexibility index (Phi) is 3.36. The molecule has 2 aliphatic carbocycles. The zero-order chi connectivity index (χ0) is 10.9. The lowest BCUT2D eigenvalue weighted by Crippen LogP contribution is -2.44. The third-order valence-electron chi connectivity index (χ3n) is 3.75. The normalized spacial score (nSPS) is 25.5. The Morgan fingerprint density at radius 2 is 1.20 bits per heavy atom. The van der Waals surface area contributed by atoms with Crippen molar-refractivity contribution < 1.29 is 8.42 Å². The molecule has 0 aliphatic heterocycles. The van der Waals surface area contributed by atoms with E-state index in [1.54, 1.807) is 0 Å². The van der Waals surface area contributed by atoms with E-state index in [0.717, 1.165) is 25.7 Å². The lowest BCUT2D eigenvalue weighted by atomic mass is 10.2. The van der Waals surface area contributed by atoms with Gasteiger partial charge < -0.3 is 0 Å². The van der Waals surface area contributed by atoms with Crippen LogP contribution in [0.2, 0.25) is 0 Å². The minimum atomic E-state index is -3.00. The van der Waals surface area contributed by atoms with E-state index in [0.29, 0.717) is 12.1 Å². The Balaban J connectivity index is 2.15. The quantitative estimate of drug-likeness (QED) is 0.746. The second kappa shape index (κ2) is 4.42. The molecule has 2 rings (SSSR count). The van der Waals surface area contributed by atoms with Crippen LogP contribution in [0.5, 0.6) is 0 Å². The average Bonchev–Trinajstić information content (AvgIpc) is 2.73. The summed E-state index contributed by atoms with van der Waals surface area (Å²) < 4.78 is 25.5. The van der Waals surface area contributed by atoms with Crippen LogP contribution in [0.1, 0.15) is 51.4 Å². The van der Waals surface area contributed by atoms with Crippen LogP contribution in [0.25, 0.3) is 0 Å². The largest absolute Gasteiger partial charge is 0.212 e. The number of hydrogen-bond acceptors (Lipinski definition) is 2.